The van der Waals surface area contributed by atoms with E-state index in [4.69, 9.17) is 31.3 Å². The Morgan fingerprint density at radius 3 is 2.63 bits per heavy atom. The number of aromatic nitrogens is 5. The van der Waals surface area contributed by atoms with Gasteiger partial charge in [-0.25, -0.2) is 15.0 Å². The summed E-state index contributed by atoms with van der Waals surface area (Å²) >= 11 is 0. The van der Waals surface area contributed by atoms with Crippen molar-refractivity contribution in [3.8, 4) is 22.6 Å². The Kier molecular flexibility index (Phi) is 7.04. The molecule has 0 saturated heterocycles. The van der Waals surface area contributed by atoms with Gasteiger partial charge in [-0.3, -0.25) is 9.67 Å². The second-order valence-corrected chi connectivity index (χ2v) is 10.7. The number of aliphatic hydroxyl groups excluding tert-OH is 1. The molecule has 5 N–H and O–H groups in total. The molecule has 0 radical (unpaired) electrons. The van der Waals surface area contributed by atoms with Gasteiger partial charge in [0.25, 0.3) is 0 Å². The normalized spacial score (nSPS) is 16.3. The van der Waals surface area contributed by atoms with Gasteiger partial charge < -0.3 is 25.9 Å². The molecule has 0 spiro atoms. The summed E-state index contributed by atoms with van der Waals surface area (Å²) in [5, 5.41) is 14.7. The number of nitrogen functional groups attached to an aromatic ring is 1. The molecular formula is C30H35N9O2. The van der Waals surface area contributed by atoms with E-state index in [0.717, 1.165) is 70.6 Å². The maximum atomic E-state index is 9.11. The molecule has 6 rings (SSSR count). The fraction of sp³-hybridized carbons (Fsp3) is 0.367. The van der Waals surface area contributed by atoms with E-state index in [9.17, 15) is 0 Å². The lowest BCUT2D eigenvalue weighted by atomic mass is 10.0. The Morgan fingerprint density at radius 2 is 1.93 bits per heavy atom. The quantitative estimate of drug-likeness (QED) is 0.154. The van der Waals surface area contributed by atoms with E-state index < -0.39 is 0 Å². The average Bonchev–Trinajstić information content (AvgIpc) is 3.89. The molecule has 3 heterocycles. The van der Waals surface area contributed by atoms with E-state index in [0.29, 0.717) is 23.2 Å². The number of rotatable bonds is 10. The Hall–Kier alpha value is -4.51. The standard InChI is InChI=1S/C30H35N9O2/c1-33-15-24(28(32)41-12-11-40)34-14-22-20(5-4-6-23(22)31)26-27(18-9-10-18)39(3)30(36-26)21-13-19-16-38(2)37-29(19)35-25(21)17-7-8-17/h4-6,13-18,40H,7-12,31-32H2,1-3H3/b28-24-,33-15?,34-14?. The first-order valence-corrected chi connectivity index (χ1v) is 13.9. The SMILES string of the molecule is CN=C/C(N=Cc1c(N)cccc1-c1nc(-c2cc3cn(C)nc3nc2C2CC2)n(C)c1C1CC1)=C(\N)OCCO. The first-order valence-electron chi connectivity index (χ1n) is 13.9. The van der Waals surface area contributed by atoms with Crippen LogP contribution in [0.25, 0.3) is 33.7 Å². The minimum atomic E-state index is -0.158. The van der Waals surface area contributed by atoms with Crippen LogP contribution < -0.4 is 11.5 Å². The predicted molar refractivity (Wildman–Crippen MR) is 161 cm³/mol. The fourth-order valence-electron chi connectivity index (χ4n) is 5.29. The number of hydrogen-bond donors (Lipinski definition) is 3. The zero-order valence-corrected chi connectivity index (χ0v) is 23.6. The number of nitrogens with zero attached hydrogens (tertiary/aromatic N) is 7. The lowest BCUT2D eigenvalue weighted by Gasteiger charge is -2.11. The van der Waals surface area contributed by atoms with Crippen molar-refractivity contribution in [3.63, 3.8) is 0 Å². The summed E-state index contributed by atoms with van der Waals surface area (Å²) in [7, 11) is 5.65. The number of imidazole rings is 1. The highest BCUT2D eigenvalue weighted by Crippen LogP contribution is 2.48. The van der Waals surface area contributed by atoms with Crippen molar-refractivity contribution in [1.29, 1.82) is 0 Å². The van der Waals surface area contributed by atoms with Crippen LogP contribution in [-0.2, 0) is 18.8 Å². The molecule has 0 bridgehead atoms. The Bertz CT molecular complexity index is 1700. The van der Waals surface area contributed by atoms with Gasteiger partial charge in [0.1, 0.15) is 18.1 Å². The van der Waals surface area contributed by atoms with Crippen molar-refractivity contribution < 1.29 is 9.84 Å². The van der Waals surface area contributed by atoms with Crippen LogP contribution in [0.2, 0.25) is 0 Å². The number of anilines is 1. The van der Waals surface area contributed by atoms with Crippen LogP contribution in [0, 0.1) is 0 Å². The molecule has 3 aromatic heterocycles. The van der Waals surface area contributed by atoms with Crippen LogP contribution in [0.15, 0.2) is 52.0 Å². The van der Waals surface area contributed by atoms with Crippen molar-refractivity contribution in [2.75, 3.05) is 26.0 Å². The van der Waals surface area contributed by atoms with E-state index in [1.54, 1.807) is 13.3 Å². The first kappa shape index (κ1) is 26.7. The van der Waals surface area contributed by atoms with Gasteiger partial charge in [-0.2, -0.15) is 5.10 Å². The minimum absolute atomic E-state index is 0.0606. The highest BCUT2D eigenvalue weighted by Gasteiger charge is 2.35. The molecule has 2 aliphatic carbocycles. The van der Waals surface area contributed by atoms with Crippen LogP contribution in [0.1, 0.15) is 54.5 Å². The fourth-order valence-corrected chi connectivity index (χ4v) is 5.29. The molecule has 4 aromatic rings. The summed E-state index contributed by atoms with van der Waals surface area (Å²) in [6, 6.07) is 8.00. The Labute approximate surface area is 238 Å². The number of fused-ring (bicyclic) bond motifs is 1. The highest BCUT2D eigenvalue weighted by atomic mass is 16.5. The van der Waals surface area contributed by atoms with Crippen molar-refractivity contribution in [2.45, 2.75) is 37.5 Å². The number of ether oxygens (including phenoxy) is 1. The summed E-state index contributed by atoms with van der Waals surface area (Å²) in [6.45, 7) is -0.0977. The lowest BCUT2D eigenvalue weighted by Crippen LogP contribution is -2.10. The van der Waals surface area contributed by atoms with Gasteiger partial charge in [0.05, 0.1) is 24.2 Å². The smallest absolute Gasteiger partial charge is 0.212 e. The van der Waals surface area contributed by atoms with Crippen LogP contribution in [0.4, 0.5) is 5.69 Å². The van der Waals surface area contributed by atoms with Gasteiger partial charge in [-0.1, -0.05) is 12.1 Å². The second kappa shape index (κ2) is 10.8. The van der Waals surface area contributed by atoms with Gasteiger partial charge in [-0.15, -0.1) is 0 Å². The number of aryl methyl sites for hydroxylation is 1. The van der Waals surface area contributed by atoms with Crippen LogP contribution in [0.3, 0.4) is 0 Å². The van der Waals surface area contributed by atoms with Crippen molar-refractivity contribution >= 4 is 29.1 Å². The average molecular weight is 554 g/mol. The predicted octanol–water partition coefficient (Wildman–Crippen LogP) is 3.63. The zero-order valence-electron chi connectivity index (χ0n) is 23.6. The van der Waals surface area contributed by atoms with Gasteiger partial charge in [-0.05, 0) is 37.8 Å². The molecule has 1 aromatic carbocycles. The van der Waals surface area contributed by atoms with E-state index in [-0.39, 0.29) is 19.1 Å². The van der Waals surface area contributed by atoms with Gasteiger partial charge in [0.15, 0.2) is 5.65 Å². The van der Waals surface area contributed by atoms with Gasteiger partial charge in [0.2, 0.25) is 5.88 Å². The summed E-state index contributed by atoms with van der Waals surface area (Å²) < 4.78 is 9.42. The maximum absolute atomic E-state index is 9.11. The third kappa shape index (κ3) is 5.20. The summed E-state index contributed by atoms with van der Waals surface area (Å²) in [5.74, 6) is 1.82. The largest absolute Gasteiger partial charge is 0.475 e. The third-order valence-corrected chi connectivity index (χ3v) is 7.53. The van der Waals surface area contributed by atoms with E-state index in [1.165, 1.54) is 11.9 Å². The molecule has 2 fully saturated rings. The van der Waals surface area contributed by atoms with Crippen LogP contribution in [-0.4, -0.2) is 62.1 Å². The van der Waals surface area contributed by atoms with Crippen molar-refractivity contribution in [1.82, 2.24) is 24.3 Å². The summed E-state index contributed by atoms with van der Waals surface area (Å²) in [5.41, 5.74) is 20.1. The molecule has 11 nitrogen and oxygen atoms in total. The molecule has 212 valence electrons. The Morgan fingerprint density at radius 1 is 1.15 bits per heavy atom. The third-order valence-electron chi connectivity index (χ3n) is 7.53. The number of aliphatic imine (C=N–C) groups is 2. The van der Waals surface area contributed by atoms with Gasteiger partial charge in [0, 0.05) is 78.8 Å². The molecule has 0 unspecified atom stereocenters. The number of aliphatic hydroxyl groups is 1. The van der Waals surface area contributed by atoms with E-state index in [2.05, 4.69) is 32.8 Å². The molecule has 0 amide bonds. The molecule has 41 heavy (non-hydrogen) atoms. The topological polar surface area (TPSA) is 155 Å². The van der Waals surface area contributed by atoms with Crippen molar-refractivity contribution in [2.24, 2.45) is 29.8 Å². The number of nitrogens with two attached hydrogens (primary N) is 2. The lowest BCUT2D eigenvalue weighted by molar-refractivity contribution is 0.142. The monoisotopic (exact) mass is 553 g/mol. The molecule has 2 saturated carbocycles. The molecular weight excluding hydrogens is 518 g/mol. The highest BCUT2D eigenvalue weighted by molar-refractivity contribution is 5.98. The Balaban J connectivity index is 1.50. The molecule has 0 atom stereocenters. The number of pyridine rings is 1. The molecule has 0 aliphatic heterocycles. The van der Waals surface area contributed by atoms with Crippen LogP contribution in [0.5, 0.6) is 0 Å². The number of hydrogen-bond acceptors (Lipinski definition) is 9. The molecule has 2 aliphatic rings. The van der Waals surface area contributed by atoms with Crippen LogP contribution >= 0.6 is 0 Å². The van der Waals surface area contributed by atoms with E-state index in [1.807, 2.05) is 36.1 Å². The zero-order chi connectivity index (χ0) is 28.7. The number of benzene rings is 1. The minimum Gasteiger partial charge on any atom is -0.475 e. The maximum Gasteiger partial charge on any atom is 0.212 e. The summed E-state index contributed by atoms with van der Waals surface area (Å²) in [6.07, 6.45) is 9.68. The number of allylic oxidation sites excluding steroid dienone is 1. The van der Waals surface area contributed by atoms with E-state index >= 15 is 0 Å². The van der Waals surface area contributed by atoms with Gasteiger partial charge >= 0.3 is 0 Å². The summed E-state index contributed by atoms with van der Waals surface area (Å²) in [4.78, 5) is 18.9. The first-order chi connectivity index (χ1) is 19.9. The molecule has 11 heteroatoms. The van der Waals surface area contributed by atoms with Crippen molar-refractivity contribution in [3.05, 3.63) is 59.0 Å². The second-order valence-electron chi connectivity index (χ2n) is 10.7.